The predicted octanol–water partition coefficient (Wildman–Crippen LogP) is 5.66. The third-order valence-electron chi connectivity index (χ3n) is 8.12. The monoisotopic (exact) mass is 533 g/mol. The van der Waals surface area contributed by atoms with E-state index in [0.29, 0.717) is 30.5 Å². The Hall–Kier alpha value is -3.22. The van der Waals surface area contributed by atoms with Crippen molar-refractivity contribution in [1.82, 2.24) is 15.1 Å². The number of hydrogen-bond acceptors (Lipinski definition) is 3. The van der Waals surface area contributed by atoms with Gasteiger partial charge in [0.15, 0.2) is 0 Å². The van der Waals surface area contributed by atoms with Crippen LogP contribution in [-0.2, 0) is 0 Å². The van der Waals surface area contributed by atoms with E-state index in [1.54, 1.807) is 11.0 Å². The first-order valence-corrected chi connectivity index (χ1v) is 13.6. The minimum atomic E-state index is -0.573. The van der Waals surface area contributed by atoms with Crippen molar-refractivity contribution in [2.75, 3.05) is 32.7 Å². The SMILES string of the molecule is Cc1cccc(C(=O)N[C@@H](CCN2CC3CN(C(=O)c4c(F)cccc4Cl)CC3C2)c2ccccc2)c1C. The maximum atomic E-state index is 14.3. The number of amides is 2. The molecular formula is C31H33ClFN3O2. The minimum Gasteiger partial charge on any atom is -0.345 e. The molecule has 2 saturated heterocycles. The zero-order valence-electron chi connectivity index (χ0n) is 21.8. The molecule has 5 nitrogen and oxygen atoms in total. The first-order valence-electron chi connectivity index (χ1n) is 13.2. The number of benzene rings is 3. The lowest BCUT2D eigenvalue weighted by molar-refractivity contribution is 0.0769. The van der Waals surface area contributed by atoms with E-state index in [1.165, 1.54) is 12.1 Å². The van der Waals surface area contributed by atoms with Gasteiger partial charge in [0.1, 0.15) is 5.82 Å². The zero-order valence-corrected chi connectivity index (χ0v) is 22.5. The van der Waals surface area contributed by atoms with Crippen LogP contribution in [-0.4, -0.2) is 54.3 Å². The molecule has 0 spiro atoms. The highest BCUT2D eigenvalue weighted by Crippen LogP contribution is 2.34. The fourth-order valence-electron chi connectivity index (χ4n) is 5.85. The molecule has 0 aromatic heterocycles. The number of carbonyl (C=O) groups is 2. The molecule has 2 aliphatic rings. The van der Waals surface area contributed by atoms with E-state index in [1.807, 2.05) is 50.2 Å². The number of carbonyl (C=O) groups excluding carboxylic acids is 2. The summed E-state index contributed by atoms with van der Waals surface area (Å²) in [5, 5.41) is 3.43. The van der Waals surface area contributed by atoms with Crippen LogP contribution in [0.2, 0.25) is 5.02 Å². The van der Waals surface area contributed by atoms with E-state index >= 15 is 0 Å². The third-order valence-corrected chi connectivity index (χ3v) is 8.43. The number of aryl methyl sites for hydroxylation is 1. The Morgan fingerprint density at radius 3 is 2.32 bits per heavy atom. The summed E-state index contributed by atoms with van der Waals surface area (Å²) >= 11 is 6.13. The molecule has 0 aliphatic carbocycles. The van der Waals surface area contributed by atoms with Crippen molar-refractivity contribution in [3.05, 3.63) is 105 Å². The summed E-state index contributed by atoms with van der Waals surface area (Å²) in [6.45, 7) is 7.82. The highest BCUT2D eigenvalue weighted by atomic mass is 35.5. The van der Waals surface area contributed by atoms with Crippen LogP contribution < -0.4 is 5.32 Å². The van der Waals surface area contributed by atoms with E-state index in [2.05, 4.69) is 22.3 Å². The van der Waals surface area contributed by atoms with Gasteiger partial charge in [0, 0.05) is 38.3 Å². The van der Waals surface area contributed by atoms with Crippen LogP contribution in [0.1, 0.15) is 49.9 Å². The van der Waals surface area contributed by atoms with E-state index < -0.39 is 5.82 Å². The van der Waals surface area contributed by atoms with Gasteiger partial charge in [0.05, 0.1) is 16.6 Å². The fourth-order valence-corrected chi connectivity index (χ4v) is 6.10. The maximum absolute atomic E-state index is 14.3. The molecule has 0 bridgehead atoms. The van der Waals surface area contributed by atoms with Crippen molar-refractivity contribution in [2.45, 2.75) is 26.3 Å². The lowest BCUT2D eigenvalue weighted by Gasteiger charge is -2.25. The van der Waals surface area contributed by atoms with Crippen LogP contribution in [0.25, 0.3) is 0 Å². The summed E-state index contributed by atoms with van der Waals surface area (Å²) in [5.41, 5.74) is 3.86. The number of nitrogens with one attached hydrogen (secondary N) is 1. The van der Waals surface area contributed by atoms with Gasteiger partial charge in [-0.1, -0.05) is 60.1 Å². The molecule has 1 N–H and O–H groups in total. The summed E-state index contributed by atoms with van der Waals surface area (Å²) in [6.07, 6.45) is 0.785. The number of hydrogen-bond donors (Lipinski definition) is 1. The number of halogens is 2. The molecule has 2 heterocycles. The van der Waals surface area contributed by atoms with Crippen molar-refractivity contribution in [3.8, 4) is 0 Å². The Bertz CT molecular complexity index is 1300. The van der Waals surface area contributed by atoms with Crippen LogP contribution >= 0.6 is 11.6 Å². The molecule has 2 fully saturated rings. The molecule has 5 rings (SSSR count). The summed E-state index contributed by atoms with van der Waals surface area (Å²) < 4.78 is 14.3. The van der Waals surface area contributed by atoms with Gasteiger partial charge in [-0.05, 0) is 67.0 Å². The van der Waals surface area contributed by atoms with Crippen molar-refractivity contribution < 1.29 is 14.0 Å². The predicted molar refractivity (Wildman–Crippen MR) is 148 cm³/mol. The average Bonchev–Trinajstić information content (AvgIpc) is 3.47. The van der Waals surface area contributed by atoms with E-state index in [0.717, 1.165) is 42.7 Å². The first kappa shape index (κ1) is 26.4. The smallest absolute Gasteiger partial charge is 0.258 e. The normalized spacial score (nSPS) is 19.8. The summed E-state index contributed by atoms with van der Waals surface area (Å²) in [6, 6.07) is 20.2. The Morgan fingerprint density at radius 1 is 0.947 bits per heavy atom. The number of rotatable bonds is 7. The second-order valence-corrected chi connectivity index (χ2v) is 11.0. The lowest BCUT2D eigenvalue weighted by atomic mass is 10.00. The Balaban J connectivity index is 1.21. The molecule has 3 aromatic carbocycles. The van der Waals surface area contributed by atoms with Crippen molar-refractivity contribution >= 4 is 23.4 Å². The molecule has 7 heteroatoms. The second-order valence-electron chi connectivity index (χ2n) is 10.6. The van der Waals surface area contributed by atoms with Crippen LogP contribution in [0.5, 0.6) is 0 Å². The third kappa shape index (κ3) is 5.47. The number of fused-ring (bicyclic) bond motifs is 1. The molecule has 38 heavy (non-hydrogen) atoms. The Morgan fingerprint density at radius 2 is 1.63 bits per heavy atom. The van der Waals surface area contributed by atoms with Crippen molar-refractivity contribution in [3.63, 3.8) is 0 Å². The standard InChI is InChI=1S/C31H33ClFN3O2/c1-20-8-6-11-25(21(20)2)30(37)34-28(22-9-4-3-5-10-22)14-15-35-16-23-18-36(19-24(23)17-35)31(38)29-26(32)12-7-13-27(29)33/h3-13,23-24,28H,14-19H2,1-2H3,(H,34,37)/t23?,24?,28-/m0/s1. The molecule has 198 valence electrons. The van der Waals surface area contributed by atoms with Gasteiger partial charge in [-0.2, -0.15) is 0 Å². The van der Waals surface area contributed by atoms with Gasteiger partial charge in [0.25, 0.3) is 11.8 Å². The largest absolute Gasteiger partial charge is 0.345 e. The van der Waals surface area contributed by atoms with Gasteiger partial charge in [-0.15, -0.1) is 0 Å². The lowest BCUT2D eigenvalue weighted by Crippen LogP contribution is -2.35. The number of nitrogens with zero attached hydrogens (tertiary/aromatic N) is 2. The van der Waals surface area contributed by atoms with Crippen LogP contribution in [0, 0.1) is 31.5 Å². The van der Waals surface area contributed by atoms with E-state index in [9.17, 15) is 14.0 Å². The van der Waals surface area contributed by atoms with E-state index in [4.69, 9.17) is 11.6 Å². The first-order chi connectivity index (χ1) is 18.3. The summed E-state index contributed by atoms with van der Waals surface area (Å²) in [4.78, 5) is 30.4. The number of likely N-dealkylation sites (tertiary alicyclic amines) is 2. The molecule has 0 radical (unpaired) electrons. The van der Waals surface area contributed by atoms with E-state index in [-0.39, 0.29) is 28.4 Å². The Labute approximate surface area is 228 Å². The summed E-state index contributed by atoms with van der Waals surface area (Å²) in [7, 11) is 0. The highest BCUT2D eigenvalue weighted by molar-refractivity contribution is 6.33. The quantitative estimate of drug-likeness (QED) is 0.426. The molecule has 3 atom stereocenters. The molecule has 0 saturated carbocycles. The molecule has 2 amide bonds. The topological polar surface area (TPSA) is 52.7 Å². The van der Waals surface area contributed by atoms with Gasteiger partial charge in [0.2, 0.25) is 0 Å². The Kier molecular flexibility index (Phi) is 7.82. The second kappa shape index (κ2) is 11.3. The van der Waals surface area contributed by atoms with Gasteiger partial charge >= 0.3 is 0 Å². The molecular weight excluding hydrogens is 501 g/mol. The molecule has 3 aromatic rings. The van der Waals surface area contributed by atoms with Gasteiger partial charge in [-0.25, -0.2) is 4.39 Å². The molecule has 2 aliphatic heterocycles. The molecule has 2 unspecified atom stereocenters. The van der Waals surface area contributed by atoms with Crippen LogP contribution in [0.3, 0.4) is 0 Å². The fraction of sp³-hybridized carbons (Fsp3) is 0.355. The maximum Gasteiger partial charge on any atom is 0.258 e. The van der Waals surface area contributed by atoms with Crippen LogP contribution in [0.15, 0.2) is 66.7 Å². The van der Waals surface area contributed by atoms with Gasteiger partial charge < -0.3 is 15.1 Å². The van der Waals surface area contributed by atoms with Crippen molar-refractivity contribution in [1.29, 1.82) is 0 Å². The highest BCUT2D eigenvalue weighted by Gasteiger charge is 2.42. The van der Waals surface area contributed by atoms with Crippen LogP contribution in [0.4, 0.5) is 4.39 Å². The average molecular weight is 534 g/mol. The summed E-state index contributed by atoms with van der Waals surface area (Å²) in [5.74, 6) is -0.254. The zero-order chi connectivity index (χ0) is 26.8. The minimum absolute atomic E-state index is 0.0312. The van der Waals surface area contributed by atoms with Gasteiger partial charge in [-0.3, -0.25) is 9.59 Å². The van der Waals surface area contributed by atoms with Crippen molar-refractivity contribution in [2.24, 2.45) is 11.8 Å².